The quantitative estimate of drug-likeness (QED) is 0.0484. The molecular weight excluding hydrogens is 833 g/mol. The van der Waals surface area contributed by atoms with Gasteiger partial charge in [-0.25, -0.2) is 0 Å². The van der Waals surface area contributed by atoms with Crippen molar-refractivity contribution in [1.82, 2.24) is 0 Å². The molecule has 1 aliphatic carbocycles. The molecule has 0 N–H and O–H groups in total. The molecule has 4 atom stereocenters. The van der Waals surface area contributed by atoms with Gasteiger partial charge >= 0.3 is 0 Å². The largest absolute Gasteiger partial charge is 0.379 e. The second-order valence-corrected chi connectivity index (χ2v) is 19.9. The molecule has 380 valence electrons. The summed E-state index contributed by atoms with van der Waals surface area (Å²) < 4.78 is 43.1. The van der Waals surface area contributed by atoms with Crippen LogP contribution in [0.1, 0.15) is 168 Å². The Labute approximate surface area is 411 Å². The van der Waals surface area contributed by atoms with Crippen LogP contribution in [0.15, 0.2) is 97.1 Å². The molecule has 2 aromatic rings. The molecule has 67 heavy (non-hydrogen) atoms. The van der Waals surface area contributed by atoms with E-state index in [1.807, 2.05) is 6.08 Å². The Balaban J connectivity index is 1.25. The van der Waals surface area contributed by atoms with Gasteiger partial charge in [-0.3, -0.25) is 0 Å². The molecule has 0 saturated heterocycles. The van der Waals surface area contributed by atoms with Crippen LogP contribution in [0.5, 0.6) is 0 Å². The molecule has 0 aromatic heterocycles. The summed E-state index contributed by atoms with van der Waals surface area (Å²) in [7, 11) is 0. The third-order valence-electron chi connectivity index (χ3n) is 13.2. The van der Waals surface area contributed by atoms with Gasteiger partial charge in [-0.2, -0.15) is 0 Å². The number of hydrogen-bond donors (Lipinski definition) is 0. The summed E-state index contributed by atoms with van der Waals surface area (Å²) in [6.45, 7) is 22.8. The van der Waals surface area contributed by atoms with Gasteiger partial charge in [0.05, 0.1) is 52.9 Å². The van der Waals surface area contributed by atoms with E-state index in [0.717, 1.165) is 80.6 Å². The van der Waals surface area contributed by atoms with Gasteiger partial charge in [0.15, 0.2) is 0 Å². The fourth-order valence-electron chi connectivity index (χ4n) is 9.00. The summed E-state index contributed by atoms with van der Waals surface area (Å²) in [6, 6.07) is 21.1. The fraction of sp³-hybridized carbons (Fsp3) is 0.700. The fourth-order valence-corrected chi connectivity index (χ4v) is 9.00. The van der Waals surface area contributed by atoms with Gasteiger partial charge in [-0.1, -0.05) is 197 Å². The lowest BCUT2D eigenvalue weighted by Crippen LogP contribution is -2.35. The molecule has 7 nitrogen and oxygen atoms in total. The molecule has 0 saturated carbocycles. The minimum atomic E-state index is -0.693. The Hall–Kier alpha value is -2.62. The molecule has 0 amide bonds. The van der Waals surface area contributed by atoms with Crippen molar-refractivity contribution < 1.29 is 33.2 Å². The first-order valence-corrected chi connectivity index (χ1v) is 27.1. The highest BCUT2D eigenvalue weighted by molar-refractivity contribution is 5.50. The number of benzene rings is 2. The molecule has 0 bridgehead atoms. The van der Waals surface area contributed by atoms with E-state index in [1.165, 1.54) is 89.0 Å². The van der Waals surface area contributed by atoms with E-state index in [2.05, 4.69) is 120 Å². The molecule has 0 radical (unpaired) electrons. The zero-order chi connectivity index (χ0) is 47.9. The summed E-state index contributed by atoms with van der Waals surface area (Å²) in [5, 5.41) is 0. The van der Waals surface area contributed by atoms with Crippen LogP contribution in [0.25, 0.3) is 0 Å². The van der Waals surface area contributed by atoms with Crippen LogP contribution in [-0.2, 0) is 38.8 Å². The van der Waals surface area contributed by atoms with E-state index >= 15 is 0 Å². The molecule has 2 aromatic carbocycles. The number of allylic oxidation sites excluding steroid dienone is 3. The van der Waals surface area contributed by atoms with Crippen molar-refractivity contribution in [2.45, 2.75) is 168 Å². The molecule has 2 unspecified atom stereocenters. The molecule has 1 aliphatic rings. The van der Waals surface area contributed by atoms with E-state index < -0.39 is 5.60 Å². The van der Waals surface area contributed by atoms with E-state index in [0.29, 0.717) is 72.0 Å². The van der Waals surface area contributed by atoms with Crippen molar-refractivity contribution in [3.8, 4) is 0 Å². The Morgan fingerprint density at radius 2 is 0.985 bits per heavy atom. The monoisotopic (exact) mass is 931 g/mol. The first-order chi connectivity index (χ1) is 32.8. The second kappa shape index (κ2) is 39.1. The SMILES string of the molecule is C=CCCCCCCCOCC(COCCOCCCOCCOCCOC(C1=CCCC=C1)(c1ccccc1)c1ccccc1)OCCC(C)CCC[C@H](C)CCC[C@H](C)CCCC(C)C. The maximum Gasteiger partial charge on any atom is 0.143 e. The van der Waals surface area contributed by atoms with Crippen LogP contribution in [0.3, 0.4) is 0 Å². The predicted octanol–water partition coefficient (Wildman–Crippen LogP) is 15.1. The van der Waals surface area contributed by atoms with Gasteiger partial charge in [0.2, 0.25) is 0 Å². The highest BCUT2D eigenvalue weighted by Crippen LogP contribution is 2.42. The Morgan fingerprint density at radius 1 is 0.493 bits per heavy atom. The highest BCUT2D eigenvalue weighted by atomic mass is 16.6. The lowest BCUT2D eigenvalue weighted by molar-refractivity contribution is -0.0701. The molecule has 0 heterocycles. The number of ether oxygens (including phenoxy) is 7. The van der Waals surface area contributed by atoms with E-state index in [9.17, 15) is 0 Å². The number of unbranched alkanes of at least 4 members (excludes halogenated alkanes) is 5. The smallest absolute Gasteiger partial charge is 0.143 e. The van der Waals surface area contributed by atoms with Gasteiger partial charge in [-0.15, -0.1) is 6.58 Å². The molecule has 7 heteroatoms. The van der Waals surface area contributed by atoms with Crippen molar-refractivity contribution in [1.29, 1.82) is 0 Å². The van der Waals surface area contributed by atoms with Crippen molar-refractivity contribution in [3.05, 3.63) is 108 Å². The summed E-state index contributed by atoms with van der Waals surface area (Å²) in [5.74, 6) is 3.20. The minimum absolute atomic E-state index is 0.0588. The van der Waals surface area contributed by atoms with Crippen molar-refractivity contribution in [3.63, 3.8) is 0 Å². The summed E-state index contributed by atoms with van der Waals surface area (Å²) in [6.07, 6.45) is 32.1. The molecule has 0 spiro atoms. The normalized spacial score (nSPS) is 14.9. The van der Waals surface area contributed by atoms with Crippen LogP contribution < -0.4 is 0 Å². The molecule has 0 aliphatic heterocycles. The van der Waals surface area contributed by atoms with E-state index in [1.54, 1.807) is 0 Å². The summed E-state index contributed by atoms with van der Waals surface area (Å²) >= 11 is 0. The molecular formula is C60H98O7. The first kappa shape index (κ1) is 58.7. The maximum atomic E-state index is 6.84. The van der Waals surface area contributed by atoms with Gasteiger partial charge in [0, 0.05) is 26.4 Å². The van der Waals surface area contributed by atoms with Crippen LogP contribution >= 0.6 is 0 Å². The lowest BCUT2D eigenvalue weighted by Gasteiger charge is -2.37. The van der Waals surface area contributed by atoms with Crippen molar-refractivity contribution >= 4 is 0 Å². The van der Waals surface area contributed by atoms with Gasteiger partial charge in [0.25, 0.3) is 0 Å². The Kier molecular flexibility index (Phi) is 34.3. The minimum Gasteiger partial charge on any atom is -0.379 e. The van der Waals surface area contributed by atoms with Crippen LogP contribution in [0.2, 0.25) is 0 Å². The summed E-state index contributed by atoms with van der Waals surface area (Å²) in [4.78, 5) is 0. The average molecular weight is 931 g/mol. The zero-order valence-electron chi connectivity index (χ0n) is 43.5. The Morgan fingerprint density at radius 3 is 1.55 bits per heavy atom. The molecule has 0 fully saturated rings. The van der Waals surface area contributed by atoms with Crippen LogP contribution in [-0.4, -0.2) is 85.4 Å². The lowest BCUT2D eigenvalue weighted by atomic mass is 9.78. The third-order valence-corrected chi connectivity index (χ3v) is 13.2. The van der Waals surface area contributed by atoms with E-state index in [-0.39, 0.29) is 6.10 Å². The van der Waals surface area contributed by atoms with E-state index in [4.69, 9.17) is 33.2 Å². The standard InChI is InChI=1S/C60H98O7/c1-7-8-9-10-11-12-22-40-64-50-59(66-43-39-55(6)32-25-31-54(5)30-24-29-53(4)28-23-27-52(2)3)51-65-47-46-62-42-26-41-61-44-45-63-48-49-67-60(56-33-16-13-17-34-56,57-35-18-14-19-36-57)58-37-20-15-21-38-58/h7,13-14,16-20,33-38,52-55,59H,1,8-12,15,21-32,39-51H2,2-6H3/t53-,54-,55?,59?/m1/s1. The average Bonchev–Trinajstić information content (AvgIpc) is 3.34. The maximum absolute atomic E-state index is 6.84. The van der Waals surface area contributed by atoms with Crippen molar-refractivity contribution in [2.24, 2.45) is 23.7 Å². The van der Waals surface area contributed by atoms with Gasteiger partial charge in [0.1, 0.15) is 11.7 Å². The Bertz CT molecular complexity index is 1450. The third kappa shape index (κ3) is 27.4. The van der Waals surface area contributed by atoms with Crippen molar-refractivity contribution in [2.75, 3.05) is 79.3 Å². The van der Waals surface area contributed by atoms with Crippen LogP contribution in [0.4, 0.5) is 0 Å². The van der Waals surface area contributed by atoms with Gasteiger partial charge < -0.3 is 33.2 Å². The first-order valence-electron chi connectivity index (χ1n) is 27.1. The second-order valence-electron chi connectivity index (χ2n) is 19.9. The topological polar surface area (TPSA) is 64.6 Å². The molecule has 3 rings (SSSR count). The zero-order valence-corrected chi connectivity index (χ0v) is 43.5. The number of hydrogen-bond acceptors (Lipinski definition) is 7. The van der Waals surface area contributed by atoms with Gasteiger partial charge in [-0.05, 0) is 85.3 Å². The summed E-state index contributed by atoms with van der Waals surface area (Å²) in [5.41, 5.74) is 2.71. The highest BCUT2D eigenvalue weighted by Gasteiger charge is 2.38. The predicted molar refractivity (Wildman–Crippen MR) is 281 cm³/mol. The van der Waals surface area contributed by atoms with Crippen LogP contribution in [0, 0.1) is 23.7 Å². The number of rotatable bonds is 45.